The first-order chi connectivity index (χ1) is 12.0. The van der Waals surface area contributed by atoms with Gasteiger partial charge in [0.15, 0.2) is 0 Å². The summed E-state index contributed by atoms with van der Waals surface area (Å²) >= 11 is 0. The number of hydrogen-bond acceptors (Lipinski definition) is 4. The van der Waals surface area contributed by atoms with Crippen LogP contribution in [-0.4, -0.2) is 63.8 Å². The number of likely N-dealkylation sites (tertiary alicyclic amines) is 1. The van der Waals surface area contributed by atoms with Crippen molar-refractivity contribution in [2.75, 3.05) is 51.8 Å². The Bertz CT molecular complexity index is 547. The van der Waals surface area contributed by atoms with Gasteiger partial charge in [0.1, 0.15) is 0 Å². The van der Waals surface area contributed by atoms with Crippen molar-refractivity contribution < 1.29 is 9.53 Å². The van der Waals surface area contributed by atoms with E-state index in [0.717, 1.165) is 56.9 Å². The molecule has 1 amide bonds. The molecule has 1 heterocycles. The summed E-state index contributed by atoms with van der Waals surface area (Å²) in [5.41, 5.74) is 1.78. The molecule has 1 aliphatic rings. The lowest BCUT2D eigenvalue weighted by atomic mass is 9.93. The summed E-state index contributed by atoms with van der Waals surface area (Å²) in [5, 5.41) is 3.24. The molecule has 1 aliphatic heterocycles. The zero-order valence-corrected chi connectivity index (χ0v) is 16.1. The summed E-state index contributed by atoms with van der Waals surface area (Å²) < 4.78 is 5.41. The highest BCUT2D eigenvalue weighted by Crippen LogP contribution is 2.19. The van der Waals surface area contributed by atoms with Crippen LogP contribution >= 0.6 is 0 Å². The Morgan fingerprint density at radius 2 is 2.20 bits per heavy atom. The first-order valence-electron chi connectivity index (χ1n) is 9.39. The Hall–Kier alpha value is -1.59. The minimum atomic E-state index is 0.0327. The molecule has 0 spiro atoms. The van der Waals surface area contributed by atoms with Crippen LogP contribution in [0.3, 0.4) is 0 Å². The largest absolute Gasteiger partial charge is 0.382 e. The molecule has 1 saturated heterocycles. The molecule has 2 atom stereocenters. The third-order valence-corrected chi connectivity index (χ3v) is 4.90. The normalized spacial score (nSPS) is 21.1. The third-order valence-electron chi connectivity index (χ3n) is 4.90. The molecule has 0 aromatic heterocycles. The molecular weight excluding hydrogens is 314 g/mol. The van der Waals surface area contributed by atoms with E-state index in [2.05, 4.69) is 17.1 Å². The summed E-state index contributed by atoms with van der Waals surface area (Å²) in [6.07, 6.45) is 2.09. The summed E-state index contributed by atoms with van der Waals surface area (Å²) in [7, 11) is 3.97. The van der Waals surface area contributed by atoms with Gasteiger partial charge in [-0.15, -0.1) is 0 Å². The van der Waals surface area contributed by atoms with E-state index in [0.29, 0.717) is 5.92 Å². The fourth-order valence-corrected chi connectivity index (χ4v) is 3.36. The van der Waals surface area contributed by atoms with Crippen LogP contribution < -0.4 is 10.2 Å². The van der Waals surface area contributed by atoms with Crippen LogP contribution in [-0.2, 0) is 4.74 Å². The van der Waals surface area contributed by atoms with E-state index in [1.165, 1.54) is 0 Å². The number of nitrogens with one attached hydrogen (secondary N) is 1. The predicted molar refractivity (Wildman–Crippen MR) is 103 cm³/mol. The molecule has 140 valence electrons. The maximum absolute atomic E-state index is 12.6. The molecule has 2 rings (SSSR count). The van der Waals surface area contributed by atoms with Gasteiger partial charge < -0.3 is 19.9 Å². The number of hydrogen-bond donors (Lipinski definition) is 1. The average Bonchev–Trinajstić information content (AvgIpc) is 2.61. The van der Waals surface area contributed by atoms with Crippen molar-refractivity contribution in [1.29, 1.82) is 0 Å². The fraction of sp³-hybridized carbons (Fsp3) is 0.650. The summed E-state index contributed by atoms with van der Waals surface area (Å²) in [6.45, 7) is 9.05. The highest BCUT2D eigenvalue weighted by Gasteiger charge is 2.27. The molecular formula is C20H33N3O2. The fourth-order valence-electron chi connectivity index (χ4n) is 3.36. The number of piperidine rings is 1. The summed E-state index contributed by atoms with van der Waals surface area (Å²) in [4.78, 5) is 17.1. The maximum Gasteiger partial charge on any atom is 0.251 e. The van der Waals surface area contributed by atoms with Crippen molar-refractivity contribution in [2.45, 2.75) is 32.7 Å². The Morgan fingerprint density at radius 1 is 1.40 bits per heavy atom. The van der Waals surface area contributed by atoms with Crippen LogP contribution in [0.5, 0.6) is 0 Å². The molecule has 0 radical (unpaired) electrons. The van der Waals surface area contributed by atoms with Crippen molar-refractivity contribution in [3.63, 3.8) is 0 Å². The second-order valence-electron chi connectivity index (χ2n) is 7.14. The number of carbonyl (C=O) groups is 1. The Labute approximate surface area is 152 Å². The van der Waals surface area contributed by atoms with Gasteiger partial charge in [0.05, 0.1) is 0 Å². The van der Waals surface area contributed by atoms with Gasteiger partial charge in [-0.25, -0.2) is 0 Å². The van der Waals surface area contributed by atoms with E-state index in [9.17, 15) is 4.79 Å². The zero-order chi connectivity index (χ0) is 18.2. The molecule has 5 heteroatoms. The van der Waals surface area contributed by atoms with E-state index in [1.54, 1.807) is 0 Å². The van der Waals surface area contributed by atoms with E-state index in [1.807, 2.05) is 50.2 Å². The van der Waals surface area contributed by atoms with Crippen molar-refractivity contribution in [1.82, 2.24) is 10.2 Å². The van der Waals surface area contributed by atoms with Crippen LogP contribution in [0.25, 0.3) is 0 Å². The lowest BCUT2D eigenvalue weighted by molar-refractivity contribution is 0.0843. The van der Waals surface area contributed by atoms with Gasteiger partial charge in [0.2, 0.25) is 0 Å². The van der Waals surface area contributed by atoms with Gasteiger partial charge in [-0.1, -0.05) is 13.0 Å². The monoisotopic (exact) mass is 347 g/mol. The number of benzene rings is 1. The van der Waals surface area contributed by atoms with E-state index in [-0.39, 0.29) is 11.9 Å². The van der Waals surface area contributed by atoms with E-state index in [4.69, 9.17) is 4.74 Å². The van der Waals surface area contributed by atoms with Crippen LogP contribution in [0, 0.1) is 5.92 Å². The molecule has 5 nitrogen and oxygen atoms in total. The van der Waals surface area contributed by atoms with Gasteiger partial charge in [-0.2, -0.15) is 0 Å². The van der Waals surface area contributed by atoms with Gasteiger partial charge in [-0.3, -0.25) is 4.79 Å². The topological polar surface area (TPSA) is 44.8 Å². The van der Waals surface area contributed by atoms with Gasteiger partial charge in [0.25, 0.3) is 5.91 Å². The standard InChI is InChI=1S/C20H33N3O2/c1-5-25-13-7-11-23-12-10-19(16(2)15-23)21-20(24)17-8-6-9-18(14-17)22(3)4/h6,8-9,14,16,19H,5,7,10-13,15H2,1-4H3,(H,21,24). The Morgan fingerprint density at radius 3 is 2.88 bits per heavy atom. The molecule has 1 fully saturated rings. The van der Waals surface area contributed by atoms with Crippen LogP contribution in [0.15, 0.2) is 24.3 Å². The molecule has 2 unspecified atom stereocenters. The van der Waals surface area contributed by atoms with Crippen molar-refractivity contribution >= 4 is 11.6 Å². The van der Waals surface area contributed by atoms with Crippen LogP contribution in [0.2, 0.25) is 0 Å². The third kappa shape index (κ3) is 6.01. The van der Waals surface area contributed by atoms with Gasteiger partial charge in [0, 0.05) is 64.2 Å². The molecule has 1 aromatic carbocycles. The summed E-state index contributed by atoms with van der Waals surface area (Å²) in [5.74, 6) is 0.493. The first-order valence-corrected chi connectivity index (χ1v) is 9.39. The minimum Gasteiger partial charge on any atom is -0.382 e. The molecule has 1 N–H and O–H groups in total. The average molecular weight is 348 g/mol. The van der Waals surface area contributed by atoms with Crippen molar-refractivity contribution in [2.24, 2.45) is 5.92 Å². The smallest absolute Gasteiger partial charge is 0.251 e. The summed E-state index contributed by atoms with van der Waals surface area (Å²) in [6, 6.07) is 8.03. The highest BCUT2D eigenvalue weighted by molar-refractivity contribution is 5.95. The van der Waals surface area contributed by atoms with E-state index < -0.39 is 0 Å². The molecule has 0 bridgehead atoms. The zero-order valence-electron chi connectivity index (χ0n) is 16.1. The second-order valence-corrected chi connectivity index (χ2v) is 7.14. The molecule has 25 heavy (non-hydrogen) atoms. The predicted octanol–water partition coefficient (Wildman–Crippen LogP) is 2.62. The van der Waals surface area contributed by atoms with E-state index >= 15 is 0 Å². The number of anilines is 1. The molecule has 0 aliphatic carbocycles. The van der Waals surface area contributed by atoms with Gasteiger partial charge in [-0.05, 0) is 43.9 Å². The molecule has 0 saturated carbocycles. The van der Waals surface area contributed by atoms with Crippen molar-refractivity contribution in [3.05, 3.63) is 29.8 Å². The Kier molecular flexibility index (Phi) is 7.72. The maximum atomic E-state index is 12.6. The SMILES string of the molecule is CCOCCCN1CCC(NC(=O)c2cccc(N(C)C)c2)C(C)C1. The van der Waals surface area contributed by atoms with Gasteiger partial charge >= 0.3 is 0 Å². The Balaban J connectivity index is 1.83. The highest BCUT2D eigenvalue weighted by atomic mass is 16.5. The second kappa shape index (κ2) is 9.78. The van der Waals surface area contributed by atoms with Crippen molar-refractivity contribution in [3.8, 4) is 0 Å². The minimum absolute atomic E-state index is 0.0327. The first kappa shape index (κ1) is 19.7. The number of carbonyl (C=O) groups excluding carboxylic acids is 1. The number of amides is 1. The van der Waals surface area contributed by atoms with Crippen LogP contribution in [0.4, 0.5) is 5.69 Å². The number of nitrogens with zero attached hydrogens (tertiary/aromatic N) is 2. The lowest BCUT2D eigenvalue weighted by Gasteiger charge is -2.37. The quantitative estimate of drug-likeness (QED) is 0.734. The van der Waals surface area contributed by atoms with Crippen LogP contribution in [0.1, 0.15) is 37.0 Å². The number of rotatable bonds is 8. The lowest BCUT2D eigenvalue weighted by Crippen LogP contribution is -2.50. The number of ether oxygens (including phenoxy) is 1. The molecule has 1 aromatic rings.